The van der Waals surface area contributed by atoms with Gasteiger partial charge in [0.1, 0.15) is 0 Å². The fourth-order valence-electron chi connectivity index (χ4n) is 2.13. The molecule has 0 aromatic rings. The van der Waals surface area contributed by atoms with E-state index in [2.05, 4.69) is 23.6 Å². The third kappa shape index (κ3) is 6.03. The van der Waals surface area contributed by atoms with Gasteiger partial charge in [-0.05, 0) is 19.8 Å². The number of rotatable bonds is 5. The number of hydrogen-bond acceptors (Lipinski definition) is 4. The average molecular weight is 242 g/mol. The summed E-state index contributed by atoms with van der Waals surface area (Å²) in [7, 11) is 0. The van der Waals surface area contributed by atoms with Crippen molar-refractivity contribution in [3.63, 3.8) is 0 Å². The molecular formula is C13H26N2O2. The highest BCUT2D eigenvalue weighted by Gasteiger charge is 2.20. The lowest BCUT2D eigenvalue weighted by Gasteiger charge is -2.35. The van der Waals surface area contributed by atoms with E-state index < -0.39 is 0 Å². The number of hydrogen-bond donors (Lipinski definition) is 0. The van der Waals surface area contributed by atoms with Crippen molar-refractivity contribution in [1.82, 2.24) is 9.80 Å². The highest BCUT2D eigenvalue weighted by molar-refractivity contribution is 5.71. The van der Waals surface area contributed by atoms with Crippen molar-refractivity contribution < 1.29 is 9.53 Å². The Labute approximate surface area is 105 Å². The zero-order valence-electron chi connectivity index (χ0n) is 11.6. The lowest BCUT2D eigenvalue weighted by atomic mass is 10.2. The predicted octanol–water partition coefficient (Wildman–Crippen LogP) is 1.21. The quantitative estimate of drug-likeness (QED) is 0.679. The van der Waals surface area contributed by atoms with Gasteiger partial charge in [-0.1, -0.05) is 13.8 Å². The van der Waals surface area contributed by atoms with Gasteiger partial charge in [-0.2, -0.15) is 0 Å². The van der Waals surface area contributed by atoms with Crippen LogP contribution in [0.1, 0.15) is 27.7 Å². The smallest absolute Gasteiger partial charge is 0.320 e. The van der Waals surface area contributed by atoms with Crippen molar-refractivity contribution in [1.29, 1.82) is 0 Å². The zero-order valence-corrected chi connectivity index (χ0v) is 11.6. The standard InChI is InChI=1S/C13H26N2O2/c1-11(2)9-14-5-7-15(8-6-14)10-13(16)17-12(3)4/h11-12H,5-10H2,1-4H3. The van der Waals surface area contributed by atoms with Gasteiger partial charge in [-0.3, -0.25) is 9.69 Å². The van der Waals surface area contributed by atoms with Gasteiger partial charge in [0.15, 0.2) is 0 Å². The normalized spacial score (nSPS) is 18.9. The number of ether oxygens (including phenoxy) is 1. The van der Waals surface area contributed by atoms with E-state index in [9.17, 15) is 4.79 Å². The van der Waals surface area contributed by atoms with E-state index in [4.69, 9.17) is 4.74 Å². The summed E-state index contributed by atoms with van der Waals surface area (Å²) in [5.41, 5.74) is 0. The van der Waals surface area contributed by atoms with Crippen LogP contribution in [0.25, 0.3) is 0 Å². The molecule has 4 nitrogen and oxygen atoms in total. The number of esters is 1. The van der Waals surface area contributed by atoms with E-state index in [1.165, 1.54) is 0 Å². The van der Waals surface area contributed by atoms with Gasteiger partial charge in [0, 0.05) is 32.7 Å². The maximum Gasteiger partial charge on any atom is 0.320 e. The summed E-state index contributed by atoms with van der Waals surface area (Å²) in [6, 6.07) is 0. The summed E-state index contributed by atoms with van der Waals surface area (Å²) in [6.07, 6.45) is -0.00951. The Morgan fingerprint density at radius 2 is 1.59 bits per heavy atom. The lowest BCUT2D eigenvalue weighted by molar-refractivity contribution is -0.149. The fourth-order valence-corrected chi connectivity index (χ4v) is 2.13. The first-order chi connectivity index (χ1) is 7.97. The molecule has 1 saturated heterocycles. The molecule has 0 radical (unpaired) electrons. The van der Waals surface area contributed by atoms with Crippen LogP contribution in [0.4, 0.5) is 0 Å². The van der Waals surface area contributed by atoms with E-state index in [0.717, 1.165) is 32.7 Å². The molecule has 0 aromatic heterocycles. The van der Waals surface area contributed by atoms with Crippen LogP contribution in [0.15, 0.2) is 0 Å². The minimum absolute atomic E-state index is 0.00951. The number of carbonyl (C=O) groups excluding carboxylic acids is 1. The molecular weight excluding hydrogens is 216 g/mol. The van der Waals surface area contributed by atoms with Crippen LogP contribution in [-0.2, 0) is 9.53 Å². The van der Waals surface area contributed by atoms with Crippen molar-refractivity contribution in [3.8, 4) is 0 Å². The Morgan fingerprint density at radius 1 is 1.06 bits per heavy atom. The molecule has 0 saturated carbocycles. The van der Waals surface area contributed by atoms with Crippen LogP contribution >= 0.6 is 0 Å². The highest BCUT2D eigenvalue weighted by Crippen LogP contribution is 2.05. The van der Waals surface area contributed by atoms with Gasteiger partial charge in [-0.15, -0.1) is 0 Å². The van der Waals surface area contributed by atoms with E-state index in [1.54, 1.807) is 0 Å². The summed E-state index contributed by atoms with van der Waals surface area (Å²) in [5.74, 6) is 0.616. The molecule has 1 heterocycles. The summed E-state index contributed by atoms with van der Waals surface area (Å²) in [6.45, 7) is 13.9. The Hall–Kier alpha value is -0.610. The minimum Gasteiger partial charge on any atom is -0.462 e. The fraction of sp³-hybridized carbons (Fsp3) is 0.923. The zero-order chi connectivity index (χ0) is 12.8. The second-order valence-electron chi connectivity index (χ2n) is 5.51. The van der Waals surface area contributed by atoms with Crippen LogP contribution in [0.3, 0.4) is 0 Å². The average Bonchev–Trinajstić information content (AvgIpc) is 2.18. The molecule has 1 fully saturated rings. The molecule has 0 aromatic carbocycles. The maximum absolute atomic E-state index is 11.5. The second-order valence-corrected chi connectivity index (χ2v) is 5.51. The summed E-state index contributed by atoms with van der Waals surface area (Å²) in [5, 5.41) is 0. The topological polar surface area (TPSA) is 32.8 Å². The van der Waals surface area contributed by atoms with Crippen molar-refractivity contribution in [2.75, 3.05) is 39.3 Å². The van der Waals surface area contributed by atoms with Crippen molar-refractivity contribution >= 4 is 5.97 Å². The molecule has 4 heteroatoms. The monoisotopic (exact) mass is 242 g/mol. The Balaban J connectivity index is 2.20. The summed E-state index contributed by atoms with van der Waals surface area (Å²) >= 11 is 0. The Morgan fingerprint density at radius 3 is 2.06 bits per heavy atom. The Kier molecular flexibility index (Phi) is 5.92. The third-order valence-electron chi connectivity index (χ3n) is 2.81. The molecule has 0 aliphatic carbocycles. The molecule has 0 bridgehead atoms. The molecule has 0 N–H and O–H groups in total. The molecule has 0 amide bonds. The van der Waals surface area contributed by atoms with Crippen LogP contribution < -0.4 is 0 Å². The van der Waals surface area contributed by atoms with Crippen molar-refractivity contribution in [2.45, 2.75) is 33.8 Å². The Bertz CT molecular complexity index is 234. The van der Waals surface area contributed by atoms with E-state index >= 15 is 0 Å². The van der Waals surface area contributed by atoms with E-state index in [-0.39, 0.29) is 12.1 Å². The second kappa shape index (κ2) is 6.97. The molecule has 0 unspecified atom stereocenters. The van der Waals surface area contributed by atoms with Gasteiger partial charge in [-0.25, -0.2) is 0 Å². The first-order valence-electron chi connectivity index (χ1n) is 6.61. The predicted molar refractivity (Wildman–Crippen MR) is 68.9 cm³/mol. The molecule has 0 atom stereocenters. The largest absolute Gasteiger partial charge is 0.462 e. The van der Waals surface area contributed by atoms with Crippen LogP contribution in [0.5, 0.6) is 0 Å². The molecule has 1 aliphatic heterocycles. The maximum atomic E-state index is 11.5. The number of nitrogens with zero attached hydrogens (tertiary/aromatic N) is 2. The molecule has 1 rings (SSSR count). The third-order valence-corrected chi connectivity index (χ3v) is 2.81. The summed E-state index contributed by atoms with van der Waals surface area (Å²) < 4.78 is 5.15. The van der Waals surface area contributed by atoms with Gasteiger partial charge in [0.05, 0.1) is 12.6 Å². The van der Waals surface area contributed by atoms with E-state index in [0.29, 0.717) is 12.5 Å². The first kappa shape index (κ1) is 14.5. The van der Waals surface area contributed by atoms with Crippen molar-refractivity contribution in [2.24, 2.45) is 5.92 Å². The molecule has 0 spiro atoms. The first-order valence-corrected chi connectivity index (χ1v) is 6.61. The molecule has 100 valence electrons. The van der Waals surface area contributed by atoms with Gasteiger partial charge in [0.2, 0.25) is 0 Å². The minimum atomic E-state index is -0.0997. The number of carbonyl (C=O) groups is 1. The highest BCUT2D eigenvalue weighted by atomic mass is 16.5. The molecule has 1 aliphatic rings. The number of piperazine rings is 1. The van der Waals surface area contributed by atoms with Gasteiger partial charge < -0.3 is 9.64 Å². The SMILES string of the molecule is CC(C)CN1CCN(CC(=O)OC(C)C)CC1. The lowest BCUT2D eigenvalue weighted by Crippen LogP contribution is -2.49. The molecule has 17 heavy (non-hydrogen) atoms. The van der Waals surface area contributed by atoms with Crippen LogP contribution in [0.2, 0.25) is 0 Å². The van der Waals surface area contributed by atoms with E-state index in [1.807, 2.05) is 13.8 Å². The summed E-state index contributed by atoms with van der Waals surface area (Å²) in [4.78, 5) is 16.2. The van der Waals surface area contributed by atoms with Gasteiger partial charge in [0.25, 0.3) is 0 Å². The van der Waals surface area contributed by atoms with Crippen LogP contribution in [-0.4, -0.2) is 61.1 Å². The van der Waals surface area contributed by atoms with Crippen molar-refractivity contribution in [3.05, 3.63) is 0 Å². The van der Waals surface area contributed by atoms with Gasteiger partial charge >= 0.3 is 5.97 Å². The van der Waals surface area contributed by atoms with Crippen LogP contribution in [0, 0.1) is 5.92 Å².